The van der Waals surface area contributed by atoms with Crippen LogP contribution in [-0.4, -0.2) is 48.1 Å². The van der Waals surface area contributed by atoms with Gasteiger partial charge in [-0.2, -0.15) is 9.97 Å². The predicted molar refractivity (Wildman–Crippen MR) is 124 cm³/mol. The van der Waals surface area contributed by atoms with Crippen LogP contribution in [0.5, 0.6) is 17.6 Å². The van der Waals surface area contributed by atoms with E-state index in [1.807, 2.05) is 0 Å². The Kier molecular flexibility index (Phi) is 7.29. The summed E-state index contributed by atoms with van der Waals surface area (Å²) in [6.07, 6.45) is 0. The van der Waals surface area contributed by atoms with Crippen LogP contribution in [0.2, 0.25) is 0 Å². The van der Waals surface area contributed by atoms with Gasteiger partial charge in [0.2, 0.25) is 5.88 Å². The van der Waals surface area contributed by atoms with Crippen LogP contribution < -0.4 is 23.7 Å². The van der Waals surface area contributed by atoms with E-state index in [0.29, 0.717) is 4.47 Å². The van der Waals surface area contributed by atoms with Crippen LogP contribution in [0.3, 0.4) is 0 Å². The summed E-state index contributed by atoms with van der Waals surface area (Å²) in [5.74, 6) is 0.197. The highest BCUT2D eigenvalue weighted by Crippen LogP contribution is 2.29. The third-order valence-corrected chi connectivity index (χ3v) is 7.41. The summed E-state index contributed by atoms with van der Waals surface area (Å²) >= 11 is 3.23. The van der Waals surface area contributed by atoms with E-state index in [2.05, 4.69) is 35.3 Å². The standard InChI is InChI=1S/C19H19BrN4O7S2/c1-29-15-9-4-12(20)10-16(15)33(27,28)23-13-5-7-14(8-6-13)32(25,26)24-17-11-18(30-2)22-19(21-17)31-3/h4-11,23H,1-3H3,(H,21,22,24). The Hall–Kier alpha value is -3.10. The molecule has 1 heterocycles. The fraction of sp³-hybridized carbons (Fsp3) is 0.158. The summed E-state index contributed by atoms with van der Waals surface area (Å²) in [6.45, 7) is 0. The molecule has 2 N–H and O–H groups in total. The average Bonchev–Trinajstić information content (AvgIpc) is 2.78. The van der Waals surface area contributed by atoms with Crippen LogP contribution in [-0.2, 0) is 20.0 Å². The molecule has 0 amide bonds. The molecule has 0 aliphatic carbocycles. The zero-order valence-corrected chi connectivity index (χ0v) is 20.8. The molecule has 33 heavy (non-hydrogen) atoms. The zero-order valence-electron chi connectivity index (χ0n) is 17.6. The number of nitrogens with zero attached hydrogens (tertiary/aromatic N) is 2. The molecule has 176 valence electrons. The molecule has 14 heteroatoms. The van der Waals surface area contributed by atoms with Gasteiger partial charge in [0, 0.05) is 16.2 Å². The lowest BCUT2D eigenvalue weighted by atomic mass is 10.3. The second-order valence-electron chi connectivity index (χ2n) is 6.31. The van der Waals surface area contributed by atoms with Gasteiger partial charge in [0.1, 0.15) is 10.6 Å². The van der Waals surface area contributed by atoms with Crippen molar-refractivity contribution in [1.82, 2.24) is 9.97 Å². The maximum absolute atomic E-state index is 12.8. The Balaban J connectivity index is 1.83. The van der Waals surface area contributed by atoms with Gasteiger partial charge in [-0.05, 0) is 42.5 Å². The van der Waals surface area contributed by atoms with Gasteiger partial charge in [0.05, 0.1) is 26.2 Å². The molecule has 0 fully saturated rings. The average molecular weight is 559 g/mol. The summed E-state index contributed by atoms with van der Waals surface area (Å²) in [4.78, 5) is 7.61. The van der Waals surface area contributed by atoms with Gasteiger partial charge in [-0.1, -0.05) is 15.9 Å². The molecular formula is C19H19BrN4O7S2. The van der Waals surface area contributed by atoms with Gasteiger partial charge in [-0.3, -0.25) is 9.44 Å². The molecule has 1 aromatic heterocycles. The summed E-state index contributed by atoms with van der Waals surface area (Å²) < 4.78 is 71.3. The SMILES string of the molecule is COc1cc(NS(=O)(=O)c2ccc(NS(=O)(=O)c3cc(Br)ccc3OC)cc2)nc(OC)n1. The van der Waals surface area contributed by atoms with Crippen molar-refractivity contribution in [2.75, 3.05) is 30.8 Å². The lowest BCUT2D eigenvalue weighted by Gasteiger charge is -2.13. The smallest absolute Gasteiger partial charge is 0.321 e. The fourth-order valence-electron chi connectivity index (χ4n) is 2.62. The maximum Gasteiger partial charge on any atom is 0.321 e. The molecule has 0 atom stereocenters. The fourth-order valence-corrected chi connectivity index (χ4v) is 5.38. The van der Waals surface area contributed by atoms with Crippen LogP contribution in [0.1, 0.15) is 0 Å². The predicted octanol–water partition coefficient (Wildman–Crippen LogP) is 2.87. The van der Waals surface area contributed by atoms with E-state index in [0.717, 1.165) is 0 Å². The Morgan fingerprint density at radius 2 is 1.48 bits per heavy atom. The molecule has 0 spiro atoms. The minimum Gasteiger partial charge on any atom is -0.495 e. The minimum atomic E-state index is -4.05. The van der Waals surface area contributed by atoms with Gasteiger partial charge in [-0.25, -0.2) is 16.8 Å². The number of aromatic nitrogens is 2. The van der Waals surface area contributed by atoms with Crippen LogP contribution in [0.4, 0.5) is 11.5 Å². The van der Waals surface area contributed by atoms with Crippen molar-refractivity contribution >= 4 is 47.5 Å². The molecule has 0 radical (unpaired) electrons. The van der Waals surface area contributed by atoms with Gasteiger partial charge in [0.15, 0.2) is 5.82 Å². The summed E-state index contributed by atoms with van der Waals surface area (Å²) in [7, 11) is -4.00. The van der Waals surface area contributed by atoms with E-state index < -0.39 is 20.0 Å². The number of benzene rings is 2. The third-order valence-electron chi connectivity index (χ3n) is 4.14. The largest absolute Gasteiger partial charge is 0.495 e. The molecule has 11 nitrogen and oxygen atoms in total. The lowest BCUT2D eigenvalue weighted by Crippen LogP contribution is -2.16. The minimum absolute atomic E-state index is 0.0646. The van der Waals surface area contributed by atoms with Crippen LogP contribution in [0.25, 0.3) is 0 Å². The topological polar surface area (TPSA) is 146 Å². The molecule has 0 aliphatic heterocycles. The van der Waals surface area contributed by atoms with Crippen molar-refractivity contribution in [2.24, 2.45) is 0 Å². The number of hydrogen-bond donors (Lipinski definition) is 2. The van der Waals surface area contributed by atoms with E-state index in [-0.39, 0.29) is 38.9 Å². The van der Waals surface area contributed by atoms with Gasteiger partial charge < -0.3 is 14.2 Å². The van der Waals surface area contributed by atoms with Crippen molar-refractivity contribution in [3.63, 3.8) is 0 Å². The Bertz CT molecular complexity index is 1340. The van der Waals surface area contributed by atoms with Crippen molar-refractivity contribution in [3.8, 4) is 17.6 Å². The van der Waals surface area contributed by atoms with Crippen molar-refractivity contribution in [2.45, 2.75) is 9.79 Å². The van der Waals surface area contributed by atoms with Crippen molar-refractivity contribution in [1.29, 1.82) is 0 Å². The number of rotatable bonds is 9. The molecule has 0 bridgehead atoms. The number of sulfonamides is 2. The van der Waals surface area contributed by atoms with Crippen LogP contribution in [0.15, 0.2) is 62.8 Å². The molecule has 3 rings (SSSR count). The molecule has 0 saturated heterocycles. The number of methoxy groups -OCH3 is 3. The second-order valence-corrected chi connectivity index (χ2v) is 10.6. The molecule has 0 saturated carbocycles. The van der Waals surface area contributed by atoms with E-state index >= 15 is 0 Å². The highest BCUT2D eigenvalue weighted by molar-refractivity contribution is 9.10. The molecule has 0 aliphatic rings. The number of hydrogen-bond acceptors (Lipinski definition) is 9. The lowest BCUT2D eigenvalue weighted by molar-refractivity contribution is 0.353. The number of halogens is 1. The highest BCUT2D eigenvalue weighted by atomic mass is 79.9. The Morgan fingerprint density at radius 3 is 2.09 bits per heavy atom. The first-order valence-corrected chi connectivity index (χ1v) is 12.8. The van der Waals surface area contributed by atoms with Gasteiger partial charge in [0.25, 0.3) is 20.0 Å². The molecule has 0 unspecified atom stereocenters. The first-order chi connectivity index (χ1) is 15.6. The zero-order chi connectivity index (χ0) is 24.2. The van der Waals surface area contributed by atoms with Crippen molar-refractivity contribution < 1.29 is 31.0 Å². The maximum atomic E-state index is 12.8. The molecular weight excluding hydrogens is 540 g/mol. The quantitative estimate of drug-likeness (QED) is 0.404. The second kappa shape index (κ2) is 9.80. The van der Waals surface area contributed by atoms with E-state index in [1.165, 1.54) is 63.8 Å². The monoisotopic (exact) mass is 558 g/mol. The van der Waals surface area contributed by atoms with Crippen LogP contribution >= 0.6 is 15.9 Å². The number of nitrogens with one attached hydrogen (secondary N) is 2. The Morgan fingerprint density at radius 1 is 0.788 bits per heavy atom. The highest BCUT2D eigenvalue weighted by Gasteiger charge is 2.21. The summed E-state index contributed by atoms with van der Waals surface area (Å²) in [5, 5.41) is 0. The van der Waals surface area contributed by atoms with Crippen molar-refractivity contribution in [3.05, 3.63) is 53.0 Å². The van der Waals surface area contributed by atoms with Gasteiger partial charge in [-0.15, -0.1) is 0 Å². The first kappa shape index (κ1) is 24.5. The van der Waals surface area contributed by atoms with E-state index in [9.17, 15) is 16.8 Å². The Labute approximate surface area is 199 Å². The number of anilines is 2. The first-order valence-electron chi connectivity index (χ1n) is 9.04. The summed E-state index contributed by atoms with van der Waals surface area (Å²) in [5.41, 5.74) is 0.154. The normalized spacial score (nSPS) is 11.5. The molecule has 3 aromatic rings. The van der Waals surface area contributed by atoms with E-state index in [1.54, 1.807) is 6.07 Å². The van der Waals surface area contributed by atoms with E-state index in [4.69, 9.17) is 14.2 Å². The van der Waals surface area contributed by atoms with Crippen LogP contribution in [0, 0.1) is 0 Å². The number of ether oxygens (including phenoxy) is 3. The summed E-state index contributed by atoms with van der Waals surface area (Å²) in [6, 6.07) is 10.9. The molecule has 2 aromatic carbocycles. The van der Waals surface area contributed by atoms with Gasteiger partial charge >= 0.3 is 6.01 Å². The third kappa shape index (κ3) is 5.83.